The van der Waals surface area contributed by atoms with Gasteiger partial charge in [-0.25, -0.2) is 0 Å². The topological polar surface area (TPSA) is 23.5 Å². The van der Waals surface area contributed by atoms with E-state index in [-0.39, 0.29) is 6.61 Å². The molecule has 0 saturated heterocycles. The number of nitrogens with zero attached hydrogens (tertiary/aromatic N) is 1. The quantitative estimate of drug-likeness (QED) is 0.686. The first kappa shape index (κ1) is 9.33. The van der Waals surface area contributed by atoms with E-state index in [0.717, 1.165) is 25.9 Å². The maximum Gasteiger partial charge on any atom is 0.0606 e. The second-order valence-corrected chi connectivity index (χ2v) is 2.93. The molecular weight excluding hydrogens is 150 g/mol. The maximum absolute atomic E-state index is 8.81. The number of aliphatic hydroxyl groups excluding tert-OH is 1. The smallest absolute Gasteiger partial charge is 0.0606 e. The second kappa shape index (κ2) is 4.99. The van der Waals surface area contributed by atoms with Gasteiger partial charge in [-0.05, 0) is 25.8 Å². The molecule has 1 rings (SSSR count). The molecule has 2 heteroatoms. The largest absolute Gasteiger partial charge is 0.395 e. The van der Waals surface area contributed by atoms with E-state index in [2.05, 4.69) is 30.1 Å². The average Bonchev–Trinajstić information content (AvgIpc) is 2.15. The van der Waals surface area contributed by atoms with Crippen LogP contribution in [0.3, 0.4) is 0 Å². The van der Waals surface area contributed by atoms with Crippen LogP contribution >= 0.6 is 0 Å². The first-order valence-corrected chi connectivity index (χ1v) is 4.60. The molecule has 0 fully saturated rings. The highest BCUT2D eigenvalue weighted by atomic mass is 16.3. The number of allylic oxidation sites excluding steroid dienone is 4. The summed E-state index contributed by atoms with van der Waals surface area (Å²) in [7, 11) is 0. The Morgan fingerprint density at radius 1 is 1.58 bits per heavy atom. The van der Waals surface area contributed by atoms with Crippen LogP contribution in [-0.4, -0.2) is 29.7 Å². The number of likely N-dealkylation sites (N-methyl/N-ethyl adjacent to an activating group) is 1. The van der Waals surface area contributed by atoms with Gasteiger partial charge in [-0.1, -0.05) is 12.2 Å². The Balaban J connectivity index is 2.51. The highest BCUT2D eigenvalue weighted by molar-refractivity contribution is 5.16. The van der Waals surface area contributed by atoms with Crippen molar-refractivity contribution in [3.8, 4) is 0 Å². The van der Waals surface area contributed by atoms with Gasteiger partial charge in [0.1, 0.15) is 0 Å². The molecule has 0 aromatic rings. The van der Waals surface area contributed by atoms with Crippen molar-refractivity contribution >= 4 is 0 Å². The van der Waals surface area contributed by atoms with Gasteiger partial charge < -0.3 is 10.0 Å². The number of hydrogen-bond donors (Lipinski definition) is 1. The van der Waals surface area contributed by atoms with E-state index in [1.807, 2.05) is 0 Å². The Hall–Kier alpha value is -0.760. The third kappa shape index (κ3) is 2.38. The van der Waals surface area contributed by atoms with Crippen LogP contribution in [0.4, 0.5) is 0 Å². The minimum absolute atomic E-state index is 0.245. The van der Waals surface area contributed by atoms with Crippen molar-refractivity contribution in [3.63, 3.8) is 0 Å². The van der Waals surface area contributed by atoms with Crippen molar-refractivity contribution in [2.45, 2.75) is 19.8 Å². The van der Waals surface area contributed by atoms with Gasteiger partial charge in [0.2, 0.25) is 0 Å². The summed E-state index contributed by atoms with van der Waals surface area (Å²) in [6, 6.07) is 0. The lowest BCUT2D eigenvalue weighted by Crippen LogP contribution is -2.26. The van der Waals surface area contributed by atoms with E-state index >= 15 is 0 Å². The Kier molecular flexibility index (Phi) is 3.88. The molecule has 0 heterocycles. The summed E-state index contributed by atoms with van der Waals surface area (Å²) in [5.74, 6) is 0. The van der Waals surface area contributed by atoms with Crippen LogP contribution in [0.5, 0.6) is 0 Å². The van der Waals surface area contributed by atoms with Crippen LogP contribution < -0.4 is 0 Å². The van der Waals surface area contributed by atoms with E-state index in [9.17, 15) is 0 Å². The molecule has 0 bridgehead atoms. The molecule has 0 saturated carbocycles. The minimum Gasteiger partial charge on any atom is -0.395 e. The number of aliphatic hydroxyl groups is 1. The zero-order valence-corrected chi connectivity index (χ0v) is 7.66. The molecule has 0 aromatic carbocycles. The van der Waals surface area contributed by atoms with E-state index in [4.69, 9.17) is 5.11 Å². The predicted molar refractivity (Wildman–Crippen MR) is 50.8 cm³/mol. The summed E-state index contributed by atoms with van der Waals surface area (Å²) in [5, 5.41) is 8.81. The Bertz CT molecular complexity index is 184. The molecular formula is C10H17NO. The van der Waals surface area contributed by atoms with Crippen molar-refractivity contribution < 1.29 is 5.11 Å². The molecule has 0 amide bonds. The molecule has 2 nitrogen and oxygen atoms in total. The van der Waals surface area contributed by atoms with Crippen LogP contribution in [0.1, 0.15) is 19.8 Å². The molecule has 12 heavy (non-hydrogen) atoms. The van der Waals surface area contributed by atoms with Crippen molar-refractivity contribution in [1.29, 1.82) is 0 Å². The summed E-state index contributed by atoms with van der Waals surface area (Å²) in [6.45, 7) is 4.11. The highest BCUT2D eigenvalue weighted by Gasteiger charge is 2.06. The summed E-state index contributed by atoms with van der Waals surface area (Å²) >= 11 is 0. The summed E-state index contributed by atoms with van der Waals surface area (Å²) in [5.41, 5.74) is 1.36. The molecule has 0 unspecified atom stereocenters. The third-order valence-corrected chi connectivity index (χ3v) is 2.15. The third-order valence-electron chi connectivity index (χ3n) is 2.15. The van der Waals surface area contributed by atoms with E-state index < -0.39 is 0 Å². The first-order valence-electron chi connectivity index (χ1n) is 4.60. The van der Waals surface area contributed by atoms with Crippen LogP contribution in [0.25, 0.3) is 0 Å². The molecule has 0 aromatic heterocycles. The fraction of sp³-hybridized carbons (Fsp3) is 0.600. The van der Waals surface area contributed by atoms with Crippen molar-refractivity contribution in [3.05, 3.63) is 23.9 Å². The Morgan fingerprint density at radius 2 is 2.42 bits per heavy atom. The van der Waals surface area contributed by atoms with Crippen LogP contribution in [0.2, 0.25) is 0 Å². The van der Waals surface area contributed by atoms with Crippen molar-refractivity contribution in [2.75, 3.05) is 19.7 Å². The lowest BCUT2D eigenvalue weighted by Gasteiger charge is -2.26. The van der Waals surface area contributed by atoms with Crippen molar-refractivity contribution in [1.82, 2.24) is 4.90 Å². The molecule has 1 aliphatic carbocycles. The summed E-state index contributed by atoms with van der Waals surface area (Å²) < 4.78 is 0. The highest BCUT2D eigenvalue weighted by Crippen LogP contribution is 2.15. The lowest BCUT2D eigenvalue weighted by atomic mass is 10.1. The van der Waals surface area contributed by atoms with Gasteiger partial charge >= 0.3 is 0 Å². The molecule has 0 aliphatic heterocycles. The zero-order chi connectivity index (χ0) is 8.81. The molecule has 0 radical (unpaired) electrons. The maximum atomic E-state index is 8.81. The summed E-state index contributed by atoms with van der Waals surface area (Å²) in [6.07, 6.45) is 8.66. The fourth-order valence-corrected chi connectivity index (χ4v) is 1.48. The zero-order valence-electron chi connectivity index (χ0n) is 7.66. The monoisotopic (exact) mass is 167 g/mol. The fourth-order valence-electron chi connectivity index (χ4n) is 1.48. The first-order chi connectivity index (χ1) is 5.88. The second-order valence-electron chi connectivity index (χ2n) is 2.93. The van der Waals surface area contributed by atoms with Crippen LogP contribution in [-0.2, 0) is 0 Å². The molecule has 0 spiro atoms. The molecule has 1 aliphatic rings. The minimum atomic E-state index is 0.245. The van der Waals surface area contributed by atoms with Crippen LogP contribution in [0, 0.1) is 0 Å². The Labute approximate surface area is 74.2 Å². The standard InChI is InChI=1S/C10H17NO/c1-2-11(8-9-12)10-6-4-3-5-7-10/h3-4,6,12H,2,5,7-9H2,1H3. The van der Waals surface area contributed by atoms with Gasteiger partial charge in [0.25, 0.3) is 0 Å². The molecule has 0 atom stereocenters. The van der Waals surface area contributed by atoms with Gasteiger partial charge in [-0.2, -0.15) is 0 Å². The molecule has 68 valence electrons. The Morgan fingerprint density at radius 3 is 2.92 bits per heavy atom. The lowest BCUT2D eigenvalue weighted by molar-refractivity contribution is 0.227. The normalized spacial score (nSPS) is 16.0. The van der Waals surface area contributed by atoms with Crippen molar-refractivity contribution in [2.24, 2.45) is 0 Å². The number of rotatable bonds is 4. The summed E-state index contributed by atoms with van der Waals surface area (Å²) in [4.78, 5) is 2.23. The SMILES string of the molecule is CCN(CCO)C1=CC=CCC1. The van der Waals surface area contributed by atoms with Gasteiger partial charge in [0, 0.05) is 18.8 Å². The van der Waals surface area contributed by atoms with Gasteiger partial charge in [-0.3, -0.25) is 0 Å². The van der Waals surface area contributed by atoms with Gasteiger partial charge in [0.05, 0.1) is 6.61 Å². The van der Waals surface area contributed by atoms with Gasteiger partial charge in [-0.15, -0.1) is 0 Å². The molecule has 1 N–H and O–H groups in total. The number of hydrogen-bond acceptors (Lipinski definition) is 2. The van der Waals surface area contributed by atoms with E-state index in [1.165, 1.54) is 5.70 Å². The van der Waals surface area contributed by atoms with E-state index in [0.29, 0.717) is 0 Å². The van der Waals surface area contributed by atoms with Gasteiger partial charge in [0.15, 0.2) is 0 Å². The van der Waals surface area contributed by atoms with Crippen LogP contribution in [0.15, 0.2) is 23.9 Å². The average molecular weight is 167 g/mol. The predicted octanol–water partition coefficient (Wildman–Crippen LogP) is 1.53. The van der Waals surface area contributed by atoms with E-state index in [1.54, 1.807) is 0 Å².